The molecule has 2 aromatic carbocycles. The maximum absolute atomic E-state index is 12.4. The minimum absolute atomic E-state index is 0.129. The molecule has 0 saturated carbocycles. The summed E-state index contributed by atoms with van der Waals surface area (Å²) >= 11 is 0. The van der Waals surface area contributed by atoms with Gasteiger partial charge in [-0.25, -0.2) is 5.01 Å². The van der Waals surface area contributed by atoms with E-state index in [9.17, 15) is 10.1 Å². The maximum Gasteiger partial charge on any atom is 0.323 e. The summed E-state index contributed by atoms with van der Waals surface area (Å²) in [7, 11) is 0. The van der Waals surface area contributed by atoms with Crippen LogP contribution in [0.4, 0.5) is 5.69 Å². The Balaban J connectivity index is 1.19. The van der Waals surface area contributed by atoms with Crippen molar-refractivity contribution in [1.29, 1.82) is 5.26 Å². The maximum atomic E-state index is 12.4. The average Bonchev–Trinajstić information content (AvgIpc) is 3.01. The first kappa shape index (κ1) is 31.2. The molecule has 10 nitrogen and oxygen atoms in total. The molecule has 0 bridgehead atoms. The van der Waals surface area contributed by atoms with Crippen LogP contribution in [0.15, 0.2) is 36.4 Å². The number of hydrazine groups is 1. The molecule has 1 unspecified atom stereocenters. The van der Waals surface area contributed by atoms with Crippen LogP contribution in [0.25, 0.3) is 10.8 Å². The number of nitrogens with zero attached hydrogens (tertiary/aromatic N) is 4. The van der Waals surface area contributed by atoms with E-state index in [0.717, 1.165) is 88.3 Å². The quantitative estimate of drug-likeness (QED) is 0.241. The smallest absolute Gasteiger partial charge is 0.323 e. The van der Waals surface area contributed by atoms with Crippen molar-refractivity contribution in [2.24, 2.45) is 5.92 Å². The lowest BCUT2D eigenvalue weighted by molar-refractivity contribution is -0.148. The van der Waals surface area contributed by atoms with Crippen LogP contribution in [0.1, 0.15) is 18.9 Å². The molecule has 2 aliphatic rings. The number of nitrogens with one attached hydrogen (secondary N) is 1. The Bertz CT molecular complexity index is 1110. The molecule has 1 atom stereocenters. The average molecular weight is 568 g/mol. The van der Waals surface area contributed by atoms with E-state index in [0.29, 0.717) is 26.2 Å². The van der Waals surface area contributed by atoms with E-state index in [-0.39, 0.29) is 13.2 Å². The van der Waals surface area contributed by atoms with Crippen molar-refractivity contribution in [2.75, 3.05) is 104 Å². The molecule has 2 fully saturated rings. The number of fused-ring (bicyclic) bond motifs is 1. The number of carbonyl (C=O) groups is 1. The third-order valence-corrected chi connectivity index (χ3v) is 7.47. The number of benzene rings is 2. The van der Waals surface area contributed by atoms with Crippen LogP contribution >= 0.6 is 0 Å². The Morgan fingerprint density at radius 1 is 0.951 bits per heavy atom. The number of carbonyl (C=O) groups excluding carboxylic acids is 1. The van der Waals surface area contributed by atoms with Gasteiger partial charge in [0, 0.05) is 64.7 Å². The number of esters is 1. The van der Waals surface area contributed by atoms with Crippen LogP contribution in [0.3, 0.4) is 0 Å². The van der Waals surface area contributed by atoms with Gasteiger partial charge in [0.2, 0.25) is 0 Å². The van der Waals surface area contributed by atoms with Crippen molar-refractivity contribution in [3.8, 4) is 6.07 Å². The van der Waals surface area contributed by atoms with Gasteiger partial charge >= 0.3 is 5.97 Å². The Hall–Kier alpha value is -2.78. The van der Waals surface area contributed by atoms with Gasteiger partial charge in [-0.05, 0) is 41.3 Å². The number of ether oxygens (including phenoxy) is 4. The van der Waals surface area contributed by atoms with Crippen molar-refractivity contribution >= 4 is 22.4 Å². The van der Waals surface area contributed by atoms with E-state index in [4.69, 9.17) is 18.9 Å². The fourth-order valence-corrected chi connectivity index (χ4v) is 5.11. The van der Waals surface area contributed by atoms with Gasteiger partial charge < -0.3 is 23.8 Å². The van der Waals surface area contributed by atoms with E-state index >= 15 is 0 Å². The largest absolute Gasteiger partial charge is 0.462 e. The zero-order valence-corrected chi connectivity index (χ0v) is 24.4. The van der Waals surface area contributed by atoms with Gasteiger partial charge in [0.05, 0.1) is 39.1 Å². The highest BCUT2D eigenvalue weighted by atomic mass is 16.6. The molecule has 2 aromatic rings. The molecule has 224 valence electrons. The molecule has 0 radical (unpaired) electrons. The summed E-state index contributed by atoms with van der Waals surface area (Å²) in [5.74, 6) is -1.36. The summed E-state index contributed by atoms with van der Waals surface area (Å²) in [5.41, 5.74) is 5.75. The van der Waals surface area contributed by atoms with Crippen molar-refractivity contribution < 1.29 is 23.7 Å². The Labute approximate surface area is 244 Å². The van der Waals surface area contributed by atoms with E-state index in [2.05, 4.69) is 63.6 Å². The topological polar surface area (TPSA) is 99.5 Å². The lowest BCUT2D eigenvalue weighted by atomic mass is 9.98. The monoisotopic (exact) mass is 567 g/mol. The molecular formula is C31H45N5O5. The molecular weight excluding hydrogens is 522 g/mol. The first-order valence-electron chi connectivity index (χ1n) is 14.9. The first-order chi connectivity index (χ1) is 20.2. The highest BCUT2D eigenvalue weighted by Gasteiger charge is 2.21. The van der Waals surface area contributed by atoms with Crippen molar-refractivity contribution in [3.05, 3.63) is 42.0 Å². The zero-order valence-electron chi connectivity index (χ0n) is 24.4. The van der Waals surface area contributed by atoms with E-state index in [1.165, 1.54) is 5.69 Å². The van der Waals surface area contributed by atoms with E-state index in [1.807, 2.05) is 6.07 Å². The van der Waals surface area contributed by atoms with Crippen LogP contribution in [-0.4, -0.2) is 114 Å². The second-order valence-corrected chi connectivity index (χ2v) is 10.5. The van der Waals surface area contributed by atoms with Crippen LogP contribution in [0.2, 0.25) is 0 Å². The van der Waals surface area contributed by atoms with Crippen LogP contribution in [-0.2, 0) is 30.2 Å². The number of piperazine rings is 1. The molecule has 2 saturated heterocycles. The van der Waals surface area contributed by atoms with E-state index < -0.39 is 11.9 Å². The first-order valence-corrected chi connectivity index (χ1v) is 14.9. The lowest BCUT2D eigenvalue weighted by Crippen LogP contribution is -2.53. The van der Waals surface area contributed by atoms with Crippen molar-refractivity contribution in [2.45, 2.75) is 19.8 Å². The number of nitriles is 1. The SMILES string of the molecule is CCCOCCOCCOC(=O)C(C#N)Cc1ccc2cc(N3CCN(NCCN4CCOCC4)CC3)ccc2c1. The fraction of sp³-hybridized carbons (Fsp3) is 0.613. The summed E-state index contributed by atoms with van der Waals surface area (Å²) in [6.07, 6.45) is 1.29. The minimum Gasteiger partial charge on any atom is -0.462 e. The highest BCUT2D eigenvalue weighted by Crippen LogP contribution is 2.25. The molecule has 2 aliphatic heterocycles. The number of morpholine rings is 1. The molecule has 0 aliphatic carbocycles. The van der Waals surface area contributed by atoms with Gasteiger partial charge in [-0.3, -0.25) is 15.1 Å². The molecule has 0 aromatic heterocycles. The predicted molar refractivity (Wildman–Crippen MR) is 159 cm³/mol. The fourth-order valence-electron chi connectivity index (χ4n) is 5.11. The summed E-state index contributed by atoms with van der Waals surface area (Å²) < 4.78 is 21.5. The number of hydrogen-bond donors (Lipinski definition) is 1. The molecule has 41 heavy (non-hydrogen) atoms. The van der Waals surface area contributed by atoms with Gasteiger partial charge in [-0.2, -0.15) is 5.26 Å². The van der Waals surface area contributed by atoms with Gasteiger partial charge in [0.1, 0.15) is 12.5 Å². The molecule has 1 N–H and O–H groups in total. The molecule has 10 heteroatoms. The lowest BCUT2D eigenvalue weighted by Gasteiger charge is -2.37. The third kappa shape index (κ3) is 10.2. The van der Waals surface area contributed by atoms with Gasteiger partial charge in [0.15, 0.2) is 0 Å². The van der Waals surface area contributed by atoms with Crippen LogP contribution in [0, 0.1) is 17.2 Å². The third-order valence-electron chi connectivity index (χ3n) is 7.47. The van der Waals surface area contributed by atoms with Crippen molar-refractivity contribution in [3.63, 3.8) is 0 Å². The minimum atomic E-state index is -0.849. The molecule has 0 amide bonds. The zero-order chi connectivity index (χ0) is 28.7. The second kappa shape index (κ2) is 17.2. The van der Waals surface area contributed by atoms with Crippen LogP contribution < -0.4 is 10.3 Å². The van der Waals surface area contributed by atoms with Gasteiger partial charge in [0.25, 0.3) is 0 Å². The number of hydrogen-bond acceptors (Lipinski definition) is 10. The predicted octanol–water partition coefficient (Wildman–Crippen LogP) is 2.47. The molecule has 4 rings (SSSR count). The highest BCUT2D eigenvalue weighted by molar-refractivity contribution is 5.87. The summed E-state index contributed by atoms with van der Waals surface area (Å²) in [4.78, 5) is 17.3. The summed E-state index contributed by atoms with van der Waals surface area (Å²) in [6.45, 7) is 13.8. The Kier molecular flexibility index (Phi) is 13.1. The molecule has 2 heterocycles. The molecule has 0 spiro atoms. The van der Waals surface area contributed by atoms with Gasteiger partial charge in [-0.15, -0.1) is 0 Å². The standard InChI is InChI=1S/C31H45N5O5/c1-2-15-38-18-19-40-20-21-41-31(37)29(25-32)23-26-3-4-28-24-30(6-5-27(28)22-26)35-9-11-36(12-10-35)33-7-8-34-13-16-39-17-14-34/h3-6,22,24,29,33H,2,7-21,23H2,1H3. The Morgan fingerprint density at radius 3 is 2.41 bits per heavy atom. The van der Waals surface area contributed by atoms with Crippen molar-refractivity contribution in [1.82, 2.24) is 15.3 Å². The van der Waals surface area contributed by atoms with Crippen LogP contribution in [0.5, 0.6) is 0 Å². The number of anilines is 1. The summed E-state index contributed by atoms with van der Waals surface area (Å²) in [5, 5.41) is 14.2. The Morgan fingerprint density at radius 2 is 1.66 bits per heavy atom. The normalized spacial score (nSPS) is 17.4. The second-order valence-electron chi connectivity index (χ2n) is 10.5. The van der Waals surface area contributed by atoms with Gasteiger partial charge in [-0.1, -0.05) is 31.2 Å². The number of rotatable bonds is 16. The summed E-state index contributed by atoms with van der Waals surface area (Å²) in [6, 6.07) is 14.8. The van der Waals surface area contributed by atoms with E-state index in [1.54, 1.807) is 0 Å².